The lowest BCUT2D eigenvalue weighted by atomic mass is 9.83. The summed E-state index contributed by atoms with van der Waals surface area (Å²) in [6, 6.07) is -0.819. The Hall–Kier alpha value is -1.30. The molecule has 0 radical (unpaired) electrons. The number of alkyl carbamates (subject to hydrolysis) is 1. The summed E-state index contributed by atoms with van der Waals surface area (Å²) in [6.45, 7) is 5.20. The van der Waals surface area contributed by atoms with E-state index in [1.54, 1.807) is 20.8 Å². The Bertz CT molecular complexity index is 358. The Morgan fingerprint density at radius 1 is 1.24 bits per heavy atom. The quantitative estimate of drug-likeness (QED) is 0.724. The number of nitrogens with one attached hydrogen (secondary N) is 1. The first kappa shape index (κ1) is 17.8. The molecule has 0 unspecified atom stereocenters. The Morgan fingerprint density at radius 2 is 1.81 bits per heavy atom. The zero-order valence-corrected chi connectivity index (χ0v) is 13.1. The summed E-state index contributed by atoms with van der Waals surface area (Å²) in [4.78, 5) is 22.8. The van der Waals surface area contributed by atoms with Crippen LogP contribution in [0.25, 0.3) is 0 Å². The minimum atomic E-state index is -1.61. The van der Waals surface area contributed by atoms with E-state index in [2.05, 4.69) is 5.32 Å². The third-order valence-electron chi connectivity index (χ3n) is 3.65. The van der Waals surface area contributed by atoms with Gasteiger partial charge in [0.25, 0.3) is 0 Å². The molecule has 0 heterocycles. The molecule has 1 aliphatic rings. The number of carbonyl (C=O) groups excluding carboxylic acids is 1. The van der Waals surface area contributed by atoms with Crippen molar-refractivity contribution in [2.24, 2.45) is 5.92 Å². The molecule has 0 aromatic heterocycles. The molecule has 0 aliphatic heterocycles. The number of rotatable bonds is 5. The fourth-order valence-electron chi connectivity index (χ4n) is 2.68. The minimum Gasteiger partial charge on any atom is -0.479 e. The standard InChI is InChI=1S/C15H27NO5/c1-15(2,3)21-14(20)16-11(12(17)13(18)19)9-10-7-5-4-6-8-10/h10-12,17H,4-9H2,1-3H3,(H,16,20)(H,18,19)/t11-,12-/m0/s1. The lowest BCUT2D eigenvalue weighted by Crippen LogP contribution is -2.49. The van der Waals surface area contributed by atoms with Crippen LogP contribution in [0.5, 0.6) is 0 Å². The summed E-state index contributed by atoms with van der Waals surface area (Å²) in [5, 5.41) is 21.3. The van der Waals surface area contributed by atoms with Gasteiger partial charge in [-0.3, -0.25) is 0 Å². The molecule has 1 aliphatic carbocycles. The number of hydrogen-bond donors (Lipinski definition) is 3. The molecule has 21 heavy (non-hydrogen) atoms. The van der Waals surface area contributed by atoms with Crippen LogP contribution in [0.4, 0.5) is 4.79 Å². The Labute approximate surface area is 125 Å². The molecule has 6 heteroatoms. The number of aliphatic hydroxyl groups is 1. The summed E-state index contributed by atoms with van der Waals surface area (Å²) in [7, 11) is 0. The first-order valence-electron chi connectivity index (χ1n) is 7.59. The van der Waals surface area contributed by atoms with E-state index in [0.717, 1.165) is 25.7 Å². The van der Waals surface area contributed by atoms with Crippen LogP contribution in [0.1, 0.15) is 59.3 Å². The van der Waals surface area contributed by atoms with Gasteiger partial charge in [0, 0.05) is 0 Å². The van der Waals surface area contributed by atoms with Gasteiger partial charge >= 0.3 is 12.1 Å². The van der Waals surface area contributed by atoms with Crippen molar-refractivity contribution in [3.63, 3.8) is 0 Å². The molecule has 0 aromatic carbocycles. The summed E-state index contributed by atoms with van der Waals surface area (Å²) < 4.78 is 5.13. The second-order valence-corrected chi connectivity index (χ2v) is 6.78. The highest BCUT2D eigenvalue weighted by molar-refractivity contribution is 5.75. The highest BCUT2D eigenvalue weighted by Crippen LogP contribution is 2.28. The zero-order chi connectivity index (χ0) is 16.0. The zero-order valence-electron chi connectivity index (χ0n) is 13.1. The van der Waals surface area contributed by atoms with Gasteiger partial charge in [0.05, 0.1) is 6.04 Å². The third-order valence-corrected chi connectivity index (χ3v) is 3.65. The number of ether oxygens (including phenoxy) is 1. The topological polar surface area (TPSA) is 95.9 Å². The van der Waals surface area contributed by atoms with Crippen molar-refractivity contribution < 1.29 is 24.5 Å². The normalized spacial score (nSPS) is 19.6. The van der Waals surface area contributed by atoms with Crippen LogP contribution in [-0.2, 0) is 9.53 Å². The highest BCUT2D eigenvalue weighted by Gasteiger charge is 2.31. The molecule has 122 valence electrons. The van der Waals surface area contributed by atoms with Gasteiger partial charge in [0.1, 0.15) is 5.60 Å². The van der Waals surface area contributed by atoms with E-state index in [1.807, 2.05) is 0 Å². The Balaban J connectivity index is 2.63. The second kappa shape index (κ2) is 7.64. The van der Waals surface area contributed by atoms with E-state index >= 15 is 0 Å². The van der Waals surface area contributed by atoms with Gasteiger partial charge in [-0.05, 0) is 33.1 Å². The van der Waals surface area contributed by atoms with E-state index in [0.29, 0.717) is 12.3 Å². The molecule has 0 bridgehead atoms. The van der Waals surface area contributed by atoms with Gasteiger partial charge in [-0.2, -0.15) is 0 Å². The molecular weight excluding hydrogens is 274 g/mol. The van der Waals surface area contributed by atoms with Crippen LogP contribution < -0.4 is 5.32 Å². The third kappa shape index (κ3) is 6.80. The summed E-state index contributed by atoms with van der Waals surface area (Å²) in [5.41, 5.74) is -0.659. The van der Waals surface area contributed by atoms with E-state index in [4.69, 9.17) is 9.84 Å². The molecule has 2 atom stereocenters. The Morgan fingerprint density at radius 3 is 2.29 bits per heavy atom. The second-order valence-electron chi connectivity index (χ2n) is 6.78. The van der Waals surface area contributed by atoms with Gasteiger partial charge in [-0.1, -0.05) is 32.1 Å². The van der Waals surface area contributed by atoms with Crippen molar-refractivity contribution in [1.82, 2.24) is 5.32 Å². The molecule has 0 spiro atoms. The minimum absolute atomic E-state index is 0.340. The Kier molecular flexibility index (Phi) is 6.45. The van der Waals surface area contributed by atoms with E-state index < -0.39 is 29.8 Å². The maximum absolute atomic E-state index is 11.8. The van der Waals surface area contributed by atoms with Crippen LogP contribution in [0.3, 0.4) is 0 Å². The molecule has 1 rings (SSSR count). The number of carbonyl (C=O) groups is 2. The number of carboxylic acids is 1. The van der Waals surface area contributed by atoms with Crippen LogP contribution in [0, 0.1) is 5.92 Å². The lowest BCUT2D eigenvalue weighted by molar-refractivity contribution is -0.148. The van der Waals surface area contributed by atoms with Crippen molar-refractivity contribution in [1.29, 1.82) is 0 Å². The number of carboxylic acid groups (broad SMARTS) is 1. The predicted molar refractivity (Wildman–Crippen MR) is 78.0 cm³/mol. The first-order chi connectivity index (χ1) is 9.69. The average molecular weight is 301 g/mol. The first-order valence-corrected chi connectivity index (χ1v) is 7.59. The SMILES string of the molecule is CC(C)(C)OC(=O)N[C@@H](CC1CCCCC1)[C@H](O)C(=O)O. The van der Waals surface area contributed by atoms with Crippen LogP contribution in [0.15, 0.2) is 0 Å². The molecule has 1 saturated carbocycles. The van der Waals surface area contributed by atoms with Crippen molar-refractivity contribution >= 4 is 12.1 Å². The van der Waals surface area contributed by atoms with Crippen LogP contribution in [-0.4, -0.2) is 40.0 Å². The molecule has 3 N–H and O–H groups in total. The molecule has 1 fully saturated rings. The average Bonchev–Trinajstić information content (AvgIpc) is 2.36. The maximum atomic E-state index is 11.8. The van der Waals surface area contributed by atoms with E-state index in [-0.39, 0.29) is 0 Å². The number of aliphatic carboxylic acids is 1. The van der Waals surface area contributed by atoms with Crippen molar-refractivity contribution in [3.8, 4) is 0 Å². The summed E-state index contributed by atoms with van der Waals surface area (Å²) in [5.74, 6) is -0.987. The fraction of sp³-hybridized carbons (Fsp3) is 0.867. The van der Waals surface area contributed by atoms with Crippen LogP contribution in [0.2, 0.25) is 0 Å². The number of aliphatic hydroxyl groups excluding tert-OH is 1. The molecular formula is C15H27NO5. The number of hydrogen-bond acceptors (Lipinski definition) is 4. The van der Waals surface area contributed by atoms with Crippen molar-refractivity contribution in [2.75, 3.05) is 0 Å². The highest BCUT2D eigenvalue weighted by atomic mass is 16.6. The molecule has 1 amide bonds. The maximum Gasteiger partial charge on any atom is 0.407 e. The van der Waals surface area contributed by atoms with Gasteiger partial charge < -0.3 is 20.3 Å². The summed E-state index contributed by atoms with van der Waals surface area (Å²) in [6.07, 6.45) is 3.62. The van der Waals surface area contributed by atoms with Crippen molar-refractivity contribution in [2.45, 2.75) is 77.0 Å². The van der Waals surface area contributed by atoms with Gasteiger partial charge in [-0.25, -0.2) is 9.59 Å². The van der Waals surface area contributed by atoms with Gasteiger partial charge in [0.15, 0.2) is 6.10 Å². The van der Waals surface area contributed by atoms with E-state index in [1.165, 1.54) is 6.42 Å². The molecule has 6 nitrogen and oxygen atoms in total. The van der Waals surface area contributed by atoms with Crippen LogP contribution >= 0.6 is 0 Å². The number of amides is 1. The van der Waals surface area contributed by atoms with E-state index in [9.17, 15) is 14.7 Å². The fourth-order valence-corrected chi connectivity index (χ4v) is 2.68. The molecule has 0 saturated heterocycles. The predicted octanol–water partition coefficient (Wildman–Crippen LogP) is 2.30. The smallest absolute Gasteiger partial charge is 0.407 e. The summed E-state index contributed by atoms with van der Waals surface area (Å²) >= 11 is 0. The largest absolute Gasteiger partial charge is 0.479 e. The van der Waals surface area contributed by atoms with Gasteiger partial charge in [0.2, 0.25) is 0 Å². The monoisotopic (exact) mass is 301 g/mol. The van der Waals surface area contributed by atoms with Gasteiger partial charge in [-0.15, -0.1) is 0 Å². The molecule has 0 aromatic rings. The lowest BCUT2D eigenvalue weighted by Gasteiger charge is -2.29. The van der Waals surface area contributed by atoms with Crippen molar-refractivity contribution in [3.05, 3.63) is 0 Å².